The number of H-pyrrole nitrogens is 6. The predicted molar refractivity (Wildman–Crippen MR) is 496 cm³/mol. The molecule has 6 aliphatic rings. The zero-order valence-corrected chi connectivity index (χ0v) is 64.3. The molecule has 23 rings (SSSR count). The first kappa shape index (κ1) is 68.8. The van der Waals surface area contributed by atoms with Gasteiger partial charge in [-0.15, -0.1) is 0 Å². The molecule has 0 fully saturated rings. The van der Waals surface area contributed by atoms with E-state index in [1.807, 2.05) is 24.3 Å². The van der Waals surface area contributed by atoms with Crippen LogP contribution in [0.2, 0.25) is 0 Å². The third-order valence-corrected chi connectivity index (χ3v) is 22.9. The van der Waals surface area contributed by atoms with Gasteiger partial charge in [-0.25, -0.2) is 29.9 Å². The van der Waals surface area contributed by atoms with Crippen LogP contribution < -0.4 is 0 Å². The Bertz CT molecular complexity index is 7580. The molecule has 17 aromatic rings. The smallest absolute Gasteiger partial charge is 0.0815 e. The fourth-order valence-corrected chi connectivity index (χ4v) is 17.3. The molecule has 15 heterocycles. The molecular weight excluding hydrogens is 1470 g/mol. The van der Waals surface area contributed by atoms with E-state index in [1.165, 1.54) is 0 Å². The number of rotatable bonds is 6. The molecule has 6 aliphatic heterocycles. The molecule has 0 unspecified atom stereocenters. The number of nitrogens with one attached hydrogen (secondary N) is 6. The third kappa shape index (κ3) is 12.3. The molecule has 0 spiro atoms. The Kier molecular flexibility index (Phi) is 16.4. The second-order valence-corrected chi connectivity index (χ2v) is 30.2. The summed E-state index contributed by atoms with van der Waals surface area (Å²) in [6.07, 6.45) is 25.1. The van der Waals surface area contributed by atoms with Crippen molar-refractivity contribution in [3.8, 4) is 90.4 Å². The summed E-state index contributed by atoms with van der Waals surface area (Å²) >= 11 is 0. The number of benzene rings is 8. The second-order valence-electron chi connectivity index (χ2n) is 30.2. The van der Waals surface area contributed by atoms with Crippen LogP contribution >= 0.6 is 0 Å². The van der Waals surface area contributed by atoms with Gasteiger partial charge in [-0.1, -0.05) is 230 Å². The fraction of sp³-hybridized carbons (Fsp3) is 0. The topological polar surface area (TPSA) is 172 Å². The van der Waals surface area contributed by atoms with Crippen LogP contribution in [0.25, 0.3) is 227 Å². The minimum atomic E-state index is 0.659. The molecule has 9 aromatic heterocycles. The van der Waals surface area contributed by atoms with E-state index in [1.54, 1.807) is 0 Å². The highest BCUT2D eigenvalue weighted by atomic mass is 14.8. The average molecular weight is 1530 g/mol. The van der Waals surface area contributed by atoms with Gasteiger partial charge >= 0.3 is 0 Å². The number of hydrogen-bond donors (Lipinski definition) is 6. The Morgan fingerprint density at radius 3 is 0.775 bits per heavy atom. The van der Waals surface area contributed by atoms with Gasteiger partial charge in [-0.2, -0.15) is 0 Å². The first-order valence-electron chi connectivity index (χ1n) is 40.1. The highest BCUT2D eigenvalue weighted by molar-refractivity contribution is 6.07. The highest BCUT2D eigenvalue weighted by Crippen LogP contribution is 2.42. The van der Waals surface area contributed by atoms with Crippen LogP contribution in [0.1, 0.15) is 90.6 Å². The predicted octanol–water partition coefficient (Wildman–Crippen LogP) is 25.7. The lowest BCUT2D eigenvalue weighted by molar-refractivity contribution is 1.30. The SMILES string of the molecule is C(#Cc1c2nc(c(-c3cccc4ccccc34)c3ccc([nH]3)c(C#Cc3c4nc(c(-c5ccccc5)c5ccc(cc6nc(c(-c7ccccc7)c7ccc3[nH]7)C=C6)[nH]5)C=C4)c3nc(c(-c4cccc5ccccc45)c4ccc1[nH]4)C=C3)C=C2)c1c2nc(c(-c3ccccc3)c3ccc(cc4nc(c(-c5ccccc5)c5ccc1[nH]5)C=C4)[nH]3)C=C2. The van der Waals surface area contributed by atoms with E-state index >= 15 is 0 Å². The van der Waals surface area contributed by atoms with Gasteiger partial charge in [0, 0.05) is 77.5 Å². The summed E-state index contributed by atoms with van der Waals surface area (Å²) < 4.78 is 0. The molecule has 0 radical (unpaired) electrons. The van der Waals surface area contributed by atoms with E-state index in [0.717, 1.165) is 200 Å². The first-order chi connectivity index (χ1) is 59.4. The maximum absolute atomic E-state index is 5.80. The highest BCUT2D eigenvalue weighted by Gasteiger charge is 2.24. The molecule has 12 heteroatoms. The van der Waals surface area contributed by atoms with Crippen LogP contribution in [0.4, 0.5) is 0 Å². The Morgan fingerprint density at radius 1 is 0.183 bits per heavy atom. The van der Waals surface area contributed by atoms with Gasteiger partial charge in [0.05, 0.1) is 113 Å². The number of fused-ring (bicyclic) bond motifs is 26. The van der Waals surface area contributed by atoms with Gasteiger partial charge in [0.25, 0.3) is 0 Å². The summed E-state index contributed by atoms with van der Waals surface area (Å²) in [4.78, 5) is 56.6. The van der Waals surface area contributed by atoms with Crippen molar-refractivity contribution >= 4 is 161 Å². The first-order valence-corrected chi connectivity index (χ1v) is 40.1. The Morgan fingerprint density at radius 2 is 0.433 bits per heavy atom. The second kappa shape index (κ2) is 28.6. The summed E-state index contributed by atoms with van der Waals surface area (Å²) in [5.41, 5.74) is 33.5. The van der Waals surface area contributed by atoms with Crippen molar-refractivity contribution in [3.63, 3.8) is 0 Å². The van der Waals surface area contributed by atoms with E-state index in [2.05, 4.69) is 393 Å². The zero-order chi connectivity index (χ0) is 79.1. The van der Waals surface area contributed by atoms with Crippen molar-refractivity contribution in [2.45, 2.75) is 0 Å². The monoisotopic (exact) mass is 1530 g/mol. The maximum Gasteiger partial charge on any atom is 0.0815 e. The molecule has 0 saturated heterocycles. The summed E-state index contributed by atoms with van der Waals surface area (Å²) in [6.45, 7) is 0. The molecule has 0 atom stereocenters. The Balaban J connectivity index is 0.808. The molecule has 6 N–H and O–H groups in total. The molecule has 120 heavy (non-hydrogen) atoms. The summed E-state index contributed by atoms with van der Waals surface area (Å²) in [6, 6.07) is 101. The van der Waals surface area contributed by atoms with Crippen molar-refractivity contribution in [1.82, 2.24) is 59.8 Å². The van der Waals surface area contributed by atoms with E-state index in [0.29, 0.717) is 45.0 Å². The lowest BCUT2D eigenvalue weighted by Crippen LogP contribution is -1.91. The van der Waals surface area contributed by atoms with Crippen LogP contribution in [0.5, 0.6) is 0 Å². The van der Waals surface area contributed by atoms with Crippen molar-refractivity contribution in [3.05, 3.63) is 382 Å². The van der Waals surface area contributed by atoms with Gasteiger partial charge in [0.15, 0.2) is 0 Å². The molecule has 0 saturated carbocycles. The molecule has 24 bridgehead atoms. The van der Waals surface area contributed by atoms with Gasteiger partial charge in [0.2, 0.25) is 0 Å². The Hall–Kier alpha value is -16.8. The summed E-state index contributed by atoms with van der Waals surface area (Å²) in [7, 11) is 0. The molecule has 0 amide bonds. The quantitative estimate of drug-likeness (QED) is 0.0905. The van der Waals surface area contributed by atoms with Crippen LogP contribution in [-0.2, 0) is 0 Å². The summed E-state index contributed by atoms with van der Waals surface area (Å²) in [5, 5.41) is 4.30. The number of nitrogens with zero attached hydrogens (tertiary/aromatic N) is 6. The van der Waals surface area contributed by atoms with Crippen LogP contribution in [0, 0.1) is 23.7 Å². The van der Waals surface area contributed by atoms with E-state index in [-0.39, 0.29) is 0 Å². The van der Waals surface area contributed by atoms with Crippen molar-refractivity contribution in [2.24, 2.45) is 0 Å². The number of aromatic nitrogens is 12. The Labute approximate surface area is 688 Å². The summed E-state index contributed by atoms with van der Waals surface area (Å²) in [5.74, 6) is 15.4. The number of hydrogen-bond acceptors (Lipinski definition) is 6. The van der Waals surface area contributed by atoms with E-state index < -0.39 is 0 Å². The lowest BCUT2D eigenvalue weighted by Gasteiger charge is -2.09. The van der Waals surface area contributed by atoms with Crippen molar-refractivity contribution < 1.29 is 0 Å². The van der Waals surface area contributed by atoms with Crippen molar-refractivity contribution in [2.75, 3.05) is 0 Å². The third-order valence-electron chi connectivity index (χ3n) is 22.9. The standard InChI is InChI=1S/C108H66N12/c1-5-21-67(22-6-1)103-91-43-35-71(109-91)63-72-36-44-92(110-72)104(68-23-7-2-8-24-68)96-56-48-84(114-96)79(83-47-55-95(103)113-83)39-41-81-87-51-59-99(117-87)107(77-33-17-29-65-19-13-15-31-75(65)77)101-61-53-89(119-101)82(90-54-62-102(120-90)108(100-60-52-88(81)118-100)78-34-18-30-66-20-14-16-32-76(66)78)42-40-80-85-49-57-97(115-85)105(69-25-9-3-10-26-69)93-45-37-73(111-93)64-74-38-46-94(112-74)106(70-27-11-4-12-28-70)98-58-50-86(80)116-98/h1-38,43-64,109,111,114,116-117,120H. The van der Waals surface area contributed by atoms with Gasteiger partial charge in [0.1, 0.15) is 0 Å². The average Bonchev–Trinajstić information content (AvgIpc) is 1.65. The minimum Gasteiger partial charge on any atom is -0.355 e. The largest absolute Gasteiger partial charge is 0.355 e. The fourth-order valence-electron chi connectivity index (χ4n) is 17.3. The molecule has 12 nitrogen and oxygen atoms in total. The molecule has 0 aliphatic carbocycles. The zero-order valence-electron chi connectivity index (χ0n) is 64.3. The van der Waals surface area contributed by atoms with Crippen LogP contribution in [-0.4, -0.2) is 59.8 Å². The lowest BCUT2D eigenvalue weighted by atomic mass is 9.97. The maximum atomic E-state index is 5.80. The molecule has 558 valence electrons. The minimum absolute atomic E-state index is 0.659. The van der Waals surface area contributed by atoms with Gasteiger partial charge in [-0.05, 0) is 213 Å². The van der Waals surface area contributed by atoms with Crippen LogP contribution in [0.3, 0.4) is 0 Å². The number of aromatic amines is 6. The molecule has 8 aromatic carbocycles. The van der Waals surface area contributed by atoms with Gasteiger partial charge < -0.3 is 29.9 Å². The molecular formula is C108H66N12. The van der Waals surface area contributed by atoms with Crippen molar-refractivity contribution in [1.29, 1.82) is 0 Å². The van der Waals surface area contributed by atoms with Gasteiger partial charge in [-0.3, -0.25) is 0 Å². The van der Waals surface area contributed by atoms with E-state index in [4.69, 9.17) is 29.9 Å². The van der Waals surface area contributed by atoms with Crippen LogP contribution in [0.15, 0.2) is 291 Å². The normalized spacial score (nSPS) is 12.3. The van der Waals surface area contributed by atoms with E-state index in [9.17, 15) is 0 Å².